The van der Waals surface area contributed by atoms with E-state index in [1.807, 2.05) is 55.5 Å². The molecule has 100 valence electrons. The molecule has 1 atom stereocenters. The molecule has 0 saturated heterocycles. The van der Waals surface area contributed by atoms with Crippen LogP contribution in [0.2, 0.25) is 0 Å². The Morgan fingerprint density at radius 1 is 1.00 bits per heavy atom. The summed E-state index contributed by atoms with van der Waals surface area (Å²) in [5.41, 5.74) is 2.02. The maximum absolute atomic E-state index is 5.20. The van der Waals surface area contributed by atoms with Gasteiger partial charge in [0.15, 0.2) is 0 Å². The van der Waals surface area contributed by atoms with Crippen LogP contribution in [-0.2, 0) is 0 Å². The predicted molar refractivity (Wildman–Crippen MR) is 74.3 cm³/mol. The molecule has 0 amide bonds. The molecule has 1 N–H and O–H groups in total. The standard InChI is InChI=1S/C15H15N4O/c1-12(13-8-4-2-5-9-13)16-15-17-19(18-20-15)14-10-6-3-7-11-14/h2-12H,1H3,(H,16,17,18)/q+1. The van der Waals surface area contributed by atoms with Gasteiger partial charge in [-0.3, -0.25) is 4.52 Å². The van der Waals surface area contributed by atoms with Crippen molar-refractivity contribution in [2.75, 3.05) is 5.32 Å². The number of hydrogen-bond donors (Lipinski definition) is 1. The molecular weight excluding hydrogens is 252 g/mol. The third-order valence-electron chi connectivity index (χ3n) is 3.02. The maximum Gasteiger partial charge on any atom is 0.390 e. The quantitative estimate of drug-likeness (QED) is 0.738. The van der Waals surface area contributed by atoms with Gasteiger partial charge in [0, 0.05) is 12.1 Å². The molecule has 0 radical (unpaired) electrons. The lowest BCUT2D eigenvalue weighted by molar-refractivity contribution is -0.724. The Balaban J connectivity index is 1.75. The Labute approximate surface area is 116 Å². The highest BCUT2D eigenvalue weighted by Crippen LogP contribution is 2.16. The van der Waals surface area contributed by atoms with Crippen molar-refractivity contribution in [2.24, 2.45) is 0 Å². The Kier molecular flexibility index (Phi) is 3.41. The van der Waals surface area contributed by atoms with Gasteiger partial charge in [0.2, 0.25) is 5.27 Å². The Bertz CT molecular complexity index is 667. The molecule has 0 aliphatic carbocycles. The van der Waals surface area contributed by atoms with Gasteiger partial charge in [-0.2, -0.15) is 0 Å². The van der Waals surface area contributed by atoms with Gasteiger partial charge in [0.1, 0.15) is 4.80 Å². The van der Waals surface area contributed by atoms with Gasteiger partial charge in [-0.1, -0.05) is 48.5 Å². The molecular formula is C15H15N4O+. The summed E-state index contributed by atoms with van der Waals surface area (Å²) in [7, 11) is 0. The van der Waals surface area contributed by atoms with Crippen LogP contribution in [0.15, 0.2) is 65.2 Å². The molecule has 0 bridgehead atoms. The van der Waals surface area contributed by atoms with Crippen LogP contribution in [0.5, 0.6) is 0 Å². The SMILES string of the molecule is CC(Nc1n[n+](-c2ccccc2)no1)c1ccccc1. The number of para-hydroxylation sites is 1. The number of hydrogen-bond acceptors (Lipinski definition) is 4. The second kappa shape index (κ2) is 5.52. The minimum atomic E-state index is 0.0980. The number of nitrogens with zero attached hydrogens (tertiary/aromatic N) is 3. The predicted octanol–water partition coefficient (Wildman–Crippen LogP) is 2.52. The summed E-state index contributed by atoms with van der Waals surface area (Å²) >= 11 is 0. The number of rotatable bonds is 4. The Hall–Kier alpha value is -2.69. The molecule has 1 heterocycles. The number of aromatic nitrogens is 3. The van der Waals surface area contributed by atoms with Crippen molar-refractivity contribution in [2.45, 2.75) is 13.0 Å². The molecule has 20 heavy (non-hydrogen) atoms. The second-order valence-corrected chi connectivity index (χ2v) is 4.48. The first-order chi connectivity index (χ1) is 9.83. The first-order valence-corrected chi connectivity index (χ1v) is 6.46. The van der Waals surface area contributed by atoms with Crippen LogP contribution in [0.4, 0.5) is 6.01 Å². The molecule has 5 heteroatoms. The van der Waals surface area contributed by atoms with Crippen LogP contribution in [-0.4, -0.2) is 10.4 Å². The minimum absolute atomic E-state index is 0.0980. The molecule has 3 rings (SSSR count). The van der Waals surface area contributed by atoms with E-state index < -0.39 is 0 Å². The van der Waals surface area contributed by atoms with Crippen LogP contribution in [0.25, 0.3) is 5.69 Å². The van der Waals surface area contributed by atoms with Crippen molar-refractivity contribution in [3.8, 4) is 5.69 Å². The third-order valence-corrected chi connectivity index (χ3v) is 3.02. The van der Waals surface area contributed by atoms with E-state index in [1.165, 1.54) is 4.80 Å². The first-order valence-electron chi connectivity index (χ1n) is 6.46. The van der Waals surface area contributed by atoms with Crippen LogP contribution >= 0.6 is 0 Å². The van der Waals surface area contributed by atoms with E-state index in [4.69, 9.17) is 4.52 Å². The zero-order chi connectivity index (χ0) is 13.8. The first kappa shape index (κ1) is 12.3. The molecule has 3 aromatic rings. The average Bonchev–Trinajstić information content (AvgIpc) is 2.97. The smallest absolute Gasteiger partial charge is 0.326 e. The van der Waals surface area contributed by atoms with Gasteiger partial charge in [0.05, 0.1) is 11.1 Å². The van der Waals surface area contributed by atoms with E-state index in [0.717, 1.165) is 11.3 Å². The normalized spacial score (nSPS) is 12.1. The topological polar surface area (TPSA) is 54.8 Å². The monoisotopic (exact) mass is 267 g/mol. The number of anilines is 1. The fourth-order valence-electron chi connectivity index (χ4n) is 1.93. The van der Waals surface area contributed by atoms with Gasteiger partial charge in [-0.15, -0.1) is 0 Å². The minimum Gasteiger partial charge on any atom is -0.326 e. The van der Waals surface area contributed by atoms with Crippen molar-refractivity contribution < 1.29 is 9.32 Å². The molecule has 1 unspecified atom stereocenters. The van der Waals surface area contributed by atoms with Gasteiger partial charge >= 0.3 is 6.01 Å². The summed E-state index contributed by atoms with van der Waals surface area (Å²) < 4.78 is 5.20. The molecule has 0 aliphatic rings. The fraction of sp³-hybridized carbons (Fsp3) is 0.133. The molecule has 0 spiro atoms. The van der Waals surface area contributed by atoms with Crippen molar-refractivity contribution in [1.29, 1.82) is 0 Å². The highest BCUT2D eigenvalue weighted by Gasteiger charge is 2.18. The third kappa shape index (κ3) is 2.66. The van der Waals surface area contributed by atoms with Gasteiger partial charge in [-0.05, 0) is 12.5 Å². The summed E-state index contributed by atoms with van der Waals surface area (Å²) in [5, 5.41) is 11.4. The van der Waals surface area contributed by atoms with Gasteiger partial charge < -0.3 is 5.32 Å². The van der Waals surface area contributed by atoms with E-state index in [2.05, 4.69) is 27.8 Å². The van der Waals surface area contributed by atoms with Crippen LogP contribution in [0, 0.1) is 0 Å². The summed E-state index contributed by atoms with van der Waals surface area (Å²) in [6.45, 7) is 2.05. The zero-order valence-electron chi connectivity index (χ0n) is 11.1. The summed E-state index contributed by atoms with van der Waals surface area (Å²) in [6, 6.07) is 20.2. The lowest BCUT2D eigenvalue weighted by Gasteiger charge is -2.10. The van der Waals surface area contributed by atoms with Crippen LogP contribution < -0.4 is 10.1 Å². The Morgan fingerprint density at radius 2 is 1.65 bits per heavy atom. The molecule has 1 aromatic heterocycles. The second-order valence-electron chi connectivity index (χ2n) is 4.48. The van der Waals surface area contributed by atoms with E-state index in [9.17, 15) is 0 Å². The molecule has 0 aliphatic heterocycles. The van der Waals surface area contributed by atoms with Crippen LogP contribution in [0.1, 0.15) is 18.5 Å². The Morgan fingerprint density at radius 3 is 2.35 bits per heavy atom. The lowest BCUT2D eigenvalue weighted by Crippen LogP contribution is -2.35. The van der Waals surface area contributed by atoms with Crippen molar-refractivity contribution in [1.82, 2.24) is 10.4 Å². The average molecular weight is 267 g/mol. The zero-order valence-corrected chi connectivity index (χ0v) is 11.1. The van der Waals surface area contributed by atoms with E-state index in [1.54, 1.807) is 0 Å². The van der Waals surface area contributed by atoms with Crippen molar-refractivity contribution in [3.05, 3.63) is 66.2 Å². The number of nitrogens with one attached hydrogen (secondary N) is 1. The molecule has 0 fully saturated rings. The van der Waals surface area contributed by atoms with Crippen molar-refractivity contribution in [3.63, 3.8) is 0 Å². The highest BCUT2D eigenvalue weighted by atomic mass is 16.5. The summed E-state index contributed by atoms with van der Waals surface area (Å²) in [5.74, 6) is 0. The lowest BCUT2D eigenvalue weighted by atomic mass is 10.1. The molecule has 0 saturated carbocycles. The fourth-order valence-corrected chi connectivity index (χ4v) is 1.93. The van der Waals surface area contributed by atoms with Gasteiger partial charge in [0.25, 0.3) is 5.69 Å². The molecule has 5 nitrogen and oxygen atoms in total. The van der Waals surface area contributed by atoms with Gasteiger partial charge in [-0.25, -0.2) is 0 Å². The maximum atomic E-state index is 5.20. The van der Waals surface area contributed by atoms with E-state index in [0.29, 0.717) is 6.01 Å². The summed E-state index contributed by atoms with van der Waals surface area (Å²) in [4.78, 5) is 1.46. The van der Waals surface area contributed by atoms with E-state index >= 15 is 0 Å². The summed E-state index contributed by atoms with van der Waals surface area (Å²) in [6.07, 6.45) is 0. The van der Waals surface area contributed by atoms with E-state index in [-0.39, 0.29) is 6.04 Å². The largest absolute Gasteiger partial charge is 0.390 e. The number of benzene rings is 2. The molecule has 2 aromatic carbocycles. The van der Waals surface area contributed by atoms with Crippen molar-refractivity contribution >= 4 is 6.01 Å². The van der Waals surface area contributed by atoms with Crippen LogP contribution in [0.3, 0.4) is 0 Å². The highest BCUT2D eigenvalue weighted by molar-refractivity contribution is 5.27.